The van der Waals surface area contributed by atoms with Crippen LogP contribution in [0.15, 0.2) is 81.5 Å². The molecule has 0 unspecified atom stereocenters. The van der Waals surface area contributed by atoms with E-state index in [2.05, 4.69) is 98.8 Å². The first-order valence-corrected chi connectivity index (χ1v) is 14.0. The fourth-order valence-electron chi connectivity index (χ4n) is 3.93. The molecule has 0 rings (SSSR count). The molecule has 0 aromatic carbocycles. The Morgan fingerprint density at radius 3 is 0.829 bits per heavy atom. The maximum absolute atomic E-state index is 3.83. The summed E-state index contributed by atoms with van der Waals surface area (Å²) in [4.78, 5) is 0. The first kappa shape index (κ1) is 33.2. The average Bonchev–Trinajstić information content (AvgIpc) is 2.78. The molecular weight excluding hydrogens is 420 g/mol. The van der Waals surface area contributed by atoms with Gasteiger partial charge in [0.1, 0.15) is 0 Å². The molecule has 35 heavy (non-hydrogen) atoms. The highest BCUT2D eigenvalue weighted by molar-refractivity contribution is 5.09. The fraction of sp³-hybridized carbons (Fsp3) is 0.571. The van der Waals surface area contributed by atoms with Crippen molar-refractivity contribution in [3.05, 3.63) is 88.5 Å². The van der Waals surface area contributed by atoms with Crippen molar-refractivity contribution in [1.82, 2.24) is 0 Å². The SMILES string of the molecule is [CH2]/C=C(\C)CC/C=C(/C)CC/C=C(\C)CC/C=C(\C)CC/C=C(\C)CC/C=C(\C)CCC=C(C)C. The van der Waals surface area contributed by atoms with Crippen molar-refractivity contribution in [2.24, 2.45) is 0 Å². The molecule has 0 nitrogen and oxygen atoms in total. The van der Waals surface area contributed by atoms with Gasteiger partial charge in [-0.05, 0) is 139 Å². The lowest BCUT2D eigenvalue weighted by Crippen LogP contribution is -1.83. The molecule has 0 aromatic rings. The van der Waals surface area contributed by atoms with Gasteiger partial charge >= 0.3 is 0 Å². The second-order valence-corrected chi connectivity index (χ2v) is 10.8. The van der Waals surface area contributed by atoms with Gasteiger partial charge < -0.3 is 0 Å². The third-order valence-corrected chi connectivity index (χ3v) is 6.60. The lowest BCUT2D eigenvalue weighted by molar-refractivity contribution is 0.883. The van der Waals surface area contributed by atoms with E-state index in [0.717, 1.165) is 19.3 Å². The molecule has 0 aromatic heterocycles. The van der Waals surface area contributed by atoms with E-state index in [1.54, 1.807) is 0 Å². The van der Waals surface area contributed by atoms with Crippen molar-refractivity contribution in [1.29, 1.82) is 0 Å². The molecule has 0 spiro atoms. The summed E-state index contributed by atoms with van der Waals surface area (Å²) in [6, 6.07) is 0. The van der Waals surface area contributed by atoms with E-state index in [1.165, 1.54) is 96.8 Å². The predicted octanol–water partition coefficient (Wildman–Crippen LogP) is 12.1. The Labute approximate surface area is 220 Å². The molecule has 0 amide bonds. The van der Waals surface area contributed by atoms with Crippen LogP contribution in [0.25, 0.3) is 0 Å². The quantitative estimate of drug-likeness (QED) is 0.172. The van der Waals surface area contributed by atoms with E-state index >= 15 is 0 Å². The van der Waals surface area contributed by atoms with Crippen molar-refractivity contribution >= 4 is 0 Å². The summed E-state index contributed by atoms with van der Waals surface area (Å²) >= 11 is 0. The van der Waals surface area contributed by atoms with Crippen LogP contribution in [-0.4, -0.2) is 0 Å². The van der Waals surface area contributed by atoms with Crippen LogP contribution in [0.4, 0.5) is 0 Å². The summed E-state index contributed by atoms with van der Waals surface area (Å²) in [6.45, 7) is 21.8. The third kappa shape index (κ3) is 22.4. The molecular formula is C35H57. The van der Waals surface area contributed by atoms with Crippen molar-refractivity contribution in [2.45, 2.75) is 132 Å². The Bertz CT molecular complexity index is 782. The van der Waals surface area contributed by atoms with Gasteiger partial charge in [-0.1, -0.05) is 81.5 Å². The predicted molar refractivity (Wildman–Crippen MR) is 163 cm³/mol. The van der Waals surface area contributed by atoms with E-state index in [0.29, 0.717) is 0 Å². The van der Waals surface area contributed by atoms with Gasteiger partial charge in [-0.3, -0.25) is 0 Å². The standard InChI is InChI=1S/C35H57/c1-10-30(4)18-12-20-32(6)22-14-24-34(8)26-16-28-35(9)27-15-25-33(7)23-13-21-31(5)19-11-17-29(2)3/h10,17,20-21,24-25,28H,1,11-16,18-19,22-23,26-27H2,2-9H3/b30-10+,31-21+,32-20-,33-25+,34-24+,35-28+. The van der Waals surface area contributed by atoms with E-state index in [1.807, 2.05) is 6.08 Å². The van der Waals surface area contributed by atoms with Gasteiger partial charge in [0.15, 0.2) is 0 Å². The van der Waals surface area contributed by atoms with E-state index in [4.69, 9.17) is 0 Å². The maximum Gasteiger partial charge on any atom is -0.0288 e. The Kier molecular flexibility index (Phi) is 20.3. The van der Waals surface area contributed by atoms with Crippen LogP contribution in [0.1, 0.15) is 132 Å². The average molecular weight is 478 g/mol. The number of hydrogen-bond donors (Lipinski definition) is 0. The first-order chi connectivity index (χ1) is 16.6. The minimum absolute atomic E-state index is 1.13. The van der Waals surface area contributed by atoms with Crippen LogP contribution in [0, 0.1) is 6.92 Å². The first-order valence-electron chi connectivity index (χ1n) is 14.0. The number of hydrogen-bond acceptors (Lipinski definition) is 0. The Hall–Kier alpha value is -1.82. The van der Waals surface area contributed by atoms with Crippen molar-refractivity contribution in [3.63, 3.8) is 0 Å². The minimum atomic E-state index is 1.13. The Morgan fingerprint density at radius 2 is 0.600 bits per heavy atom. The van der Waals surface area contributed by atoms with Crippen molar-refractivity contribution in [2.75, 3.05) is 0 Å². The second-order valence-electron chi connectivity index (χ2n) is 10.8. The molecule has 0 N–H and O–H groups in total. The molecule has 0 aliphatic rings. The van der Waals surface area contributed by atoms with Gasteiger partial charge in [0.25, 0.3) is 0 Å². The number of allylic oxidation sites excluding steroid dienone is 14. The summed E-state index contributed by atoms with van der Waals surface area (Å²) in [7, 11) is 0. The van der Waals surface area contributed by atoms with E-state index in [-0.39, 0.29) is 0 Å². The van der Waals surface area contributed by atoms with Crippen molar-refractivity contribution < 1.29 is 0 Å². The lowest BCUT2D eigenvalue weighted by Gasteiger charge is -2.04. The Balaban J connectivity index is 4.13. The molecule has 0 atom stereocenters. The Morgan fingerprint density at radius 1 is 0.371 bits per heavy atom. The van der Waals surface area contributed by atoms with Gasteiger partial charge in [0, 0.05) is 0 Å². The van der Waals surface area contributed by atoms with E-state index in [9.17, 15) is 0 Å². The summed E-state index contributed by atoms with van der Waals surface area (Å²) in [5, 5.41) is 0. The van der Waals surface area contributed by atoms with Crippen LogP contribution in [-0.2, 0) is 0 Å². The van der Waals surface area contributed by atoms with Gasteiger partial charge in [-0.15, -0.1) is 0 Å². The summed E-state index contributed by atoms with van der Waals surface area (Å²) in [5.74, 6) is 0. The molecule has 1 radical (unpaired) electrons. The van der Waals surface area contributed by atoms with Gasteiger partial charge in [-0.2, -0.15) is 0 Å². The highest BCUT2D eigenvalue weighted by Crippen LogP contribution is 2.16. The molecule has 0 heterocycles. The summed E-state index contributed by atoms with van der Waals surface area (Å²) < 4.78 is 0. The molecule has 0 saturated carbocycles. The third-order valence-electron chi connectivity index (χ3n) is 6.60. The van der Waals surface area contributed by atoms with Crippen LogP contribution in [0.3, 0.4) is 0 Å². The molecule has 0 aliphatic carbocycles. The molecule has 0 heteroatoms. The zero-order valence-electron chi connectivity index (χ0n) is 24.7. The van der Waals surface area contributed by atoms with Gasteiger partial charge in [0.05, 0.1) is 0 Å². The monoisotopic (exact) mass is 477 g/mol. The zero-order valence-corrected chi connectivity index (χ0v) is 24.7. The fourth-order valence-corrected chi connectivity index (χ4v) is 3.93. The minimum Gasteiger partial charge on any atom is -0.0856 e. The maximum atomic E-state index is 3.83. The zero-order chi connectivity index (χ0) is 26.5. The normalized spacial score (nSPS) is 14.5. The summed E-state index contributed by atoms with van der Waals surface area (Å²) in [5.41, 5.74) is 10.4. The van der Waals surface area contributed by atoms with Crippen LogP contribution < -0.4 is 0 Å². The van der Waals surface area contributed by atoms with Crippen LogP contribution in [0.5, 0.6) is 0 Å². The summed E-state index contributed by atoms with van der Waals surface area (Å²) in [6.07, 6.45) is 30.5. The van der Waals surface area contributed by atoms with Gasteiger partial charge in [-0.25, -0.2) is 0 Å². The van der Waals surface area contributed by atoms with Crippen LogP contribution in [0.2, 0.25) is 0 Å². The van der Waals surface area contributed by atoms with Crippen molar-refractivity contribution in [3.8, 4) is 0 Å². The van der Waals surface area contributed by atoms with E-state index < -0.39 is 0 Å². The smallest absolute Gasteiger partial charge is 0.0288 e. The lowest BCUT2D eigenvalue weighted by atomic mass is 10.0. The molecule has 197 valence electrons. The second kappa shape index (κ2) is 21.5. The van der Waals surface area contributed by atoms with Crippen LogP contribution >= 0.6 is 0 Å². The molecule has 0 bridgehead atoms. The highest BCUT2D eigenvalue weighted by atomic mass is 14.0. The largest absolute Gasteiger partial charge is 0.0856 e. The molecule has 0 saturated heterocycles. The topological polar surface area (TPSA) is 0 Å². The van der Waals surface area contributed by atoms with Gasteiger partial charge in [0.2, 0.25) is 0 Å². The molecule has 0 fully saturated rings. The molecule has 0 aliphatic heterocycles. The highest BCUT2D eigenvalue weighted by Gasteiger charge is 1.96. The number of rotatable bonds is 18.